The number of amides is 1. The van der Waals surface area contributed by atoms with E-state index in [0.717, 1.165) is 38.8 Å². The highest BCUT2D eigenvalue weighted by Gasteiger charge is 2.30. The molecule has 3 atom stereocenters. The lowest BCUT2D eigenvalue weighted by atomic mass is 9.76. The largest absolute Gasteiger partial charge is 0.389 e. The van der Waals surface area contributed by atoms with Crippen LogP contribution in [0.5, 0.6) is 0 Å². The molecular weight excluding hydrogens is 292 g/mol. The number of nitrogens with zero attached hydrogens (tertiary/aromatic N) is 1. The van der Waals surface area contributed by atoms with Crippen molar-refractivity contribution < 1.29 is 14.6 Å². The number of methoxy groups -OCH3 is 1. The van der Waals surface area contributed by atoms with Gasteiger partial charge in [-0.25, -0.2) is 0 Å². The van der Waals surface area contributed by atoms with E-state index in [-0.39, 0.29) is 11.8 Å². The first-order valence-electron chi connectivity index (χ1n) is 9.17. The van der Waals surface area contributed by atoms with Crippen LogP contribution in [0.2, 0.25) is 0 Å². The van der Waals surface area contributed by atoms with Gasteiger partial charge in [0.25, 0.3) is 0 Å². The number of aliphatic hydroxyl groups is 1. The Balaban J connectivity index is 1.70. The van der Waals surface area contributed by atoms with E-state index in [2.05, 4.69) is 24.1 Å². The molecule has 1 saturated heterocycles. The van der Waals surface area contributed by atoms with E-state index < -0.39 is 6.10 Å². The lowest BCUT2D eigenvalue weighted by Gasteiger charge is -2.35. The first-order chi connectivity index (χ1) is 11.0. The van der Waals surface area contributed by atoms with Crippen molar-refractivity contribution in [2.75, 3.05) is 33.4 Å². The van der Waals surface area contributed by atoms with Gasteiger partial charge in [0.05, 0.1) is 12.7 Å². The van der Waals surface area contributed by atoms with Gasteiger partial charge in [0, 0.05) is 38.7 Å². The van der Waals surface area contributed by atoms with Gasteiger partial charge in [-0.05, 0) is 43.9 Å². The third kappa shape index (κ3) is 6.05. The number of likely N-dealkylation sites (tertiary alicyclic amines) is 1. The zero-order valence-corrected chi connectivity index (χ0v) is 15.0. The van der Waals surface area contributed by atoms with E-state index in [1.807, 2.05) is 0 Å². The Morgan fingerprint density at radius 3 is 2.39 bits per heavy atom. The molecule has 0 aromatic carbocycles. The fourth-order valence-electron chi connectivity index (χ4n) is 4.28. The first kappa shape index (κ1) is 18.7. The molecule has 2 rings (SSSR count). The van der Waals surface area contributed by atoms with Gasteiger partial charge in [-0.2, -0.15) is 0 Å². The number of hydrogen-bond donors (Lipinski definition) is 2. The second-order valence-corrected chi connectivity index (χ2v) is 7.81. The number of β-amino-alcohol motifs (C(OH)–C–C–N with tert-alkyl or cyclic N) is 1. The van der Waals surface area contributed by atoms with Crippen LogP contribution in [0.25, 0.3) is 0 Å². The summed E-state index contributed by atoms with van der Waals surface area (Å²) in [6.45, 7) is 7.44. The van der Waals surface area contributed by atoms with Gasteiger partial charge >= 0.3 is 0 Å². The summed E-state index contributed by atoms with van der Waals surface area (Å²) in [7, 11) is 1.61. The molecule has 2 N–H and O–H groups in total. The molecule has 0 aromatic rings. The van der Waals surface area contributed by atoms with Crippen molar-refractivity contribution in [1.82, 2.24) is 10.2 Å². The van der Waals surface area contributed by atoms with Crippen molar-refractivity contribution in [3.8, 4) is 0 Å². The number of nitrogens with one attached hydrogen (secondary N) is 1. The second kappa shape index (κ2) is 9.00. The Morgan fingerprint density at radius 2 is 1.83 bits per heavy atom. The number of aliphatic hydroxyl groups excluding tert-OH is 1. The van der Waals surface area contributed by atoms with Gasteiger partial charge < -0.3 is 20.1 Å². The van der Waals surface area contributed by atoms with Crippen molar-refractivity contribution in [2.45, 2.75) is 58.1 Å². The van der Waals surface area contributed by atoms with Crippen LogP contribution < -0.4 is 5.32 Å². The molecule has 5 nitrogen and oxygen atoms in total. The van der Waals surface area contributed by atoms with E-state index in [0.29, 0.717) is 31.0 Å². The summed E-state index contributed by atoms with van der Waals surface area (Å²) in [6, 6.07) is 0.297. The number of ether oxygens (including phenoxy) is 1. The van der Waals surface area contributed by atoms with Crippen LogP contribution in [0.15, 0.2) is 0 Å². The Labute approximate surface area is 140 Å². The first-order valence-corrected chi connectivity index (χ1v) is 9.17. The zero-order valence-electron chi connectivity index (χ0n) is 15.0. The van der Waals surface area contributed by atoms with Gasteiger partial charge in [-0.15, -0.1) is 0 Å². The molecule has 2 fully saturated rings. The van der Waals surface area contributed by atoms with Gasteiger partial charge in [0.15, 0.2) is 0 Å². The number of piperidine rings is 1. The Morgan fingerprint density at radius 1 is 1.22 bits per heavy atom. The summed E-state index contributed by atoms with van der Waals surface area (Å²) in [6.07, 6.45) is 4.87. The summed E-state index contributed by atoms with van der Waals surface area (Å²) in [5.74, 6) is 1.80. The van der Waals surface area contributed by atoms with Crippen LogP contribution in [0.1, 0.15) is 46.0 Å². The highest BCUT2D eigenvalue weighted by molar-refractivity contribution is 5.79. The fourth-order valence-corrected chi connectivity index (χ4v) is 4.28. The number of hydrogen-bond acceptors (Lipinski definition) is 4. The molecule has 1 amide bonds. The fraction of sp³-hybridized carbons (Fsp3) is 0.944. The topological polar surface area (TPSA) is 61.8 Å². The summed E-state index contributed by atoms with van der Waals surface area (Å²) in [5, 5.41) is 13.1. The predicted octanol–water partition coefficient (Wildman–Crippen LogP) is 1.65. The number of carbonyl (C=O) groups is 1. The average Bonchev–Trinajstić information content (AvgIpc) is 2.48. The van der Waals surface area contributed by atoms with E-state index in [1.165, 1.54) is 6.42 Å². The minimum atomic E-state index is -0.420. The Kier molecular flexibility index (Phi) is 7.31. The predicted molar refractivity (Wildman–Crippen MR) is 91.2 cm³/mol. The quantitative estimate of drug-likeness (QED) is 0.779. The van der Waals surface area contributed by atoms with E-state index in [1.54, 1.807) is 7.11 Å². The van der Waals surface area contributed by atoms with E-state index >= 15 is 0 Å². The van der Waals surface area contributed by atoms with Crippen molar-refractivity contribution in [3.05, 3.63) is 0 Å². The minimum Gasteiger partial charge on any atom is -0.389 e. The normalized spacial score (nSPS) is 31.7. The van der Waals surface area contributed by atoms with Crippen molar-refractivity contribution >= 4 is 5.91 Å². The lowest BCUT2D eigenvalue weighted by Crippen LogP contribution is -2.48. The maximum absolute atomic E-state index is 12.5. The smallest absolute Gasteiger partial charge is 0.223 e. The molecule has 0 bridgehead atoms. The van der Waals surface area contributed by atoms with Crippen LogP contribution in [0.3, 0.4) is 0 Å². The molecule has 3 unspecified atom stereocenters. The summed E-state index contributed by atoms with van der Waals surface area (Å²) in [4.78, 5) is 14.8. The van der Waals surface area contributed by atoms with Crippen LogP contribution in [0, 0.1) is 17.8 Å². The lowest BCUT2D eigenvalue weighted by molar-refractivity contribution is -0.128. The molecule has 5 heteroatoms. The van der Waals surface area contributed by atoms with Crippen molar-refractivity contribution in [3.63, 3.8) is 0 Å². The summed E-state index contributed by atoms with van der Waals surface area (Å²) >= 11 is 0. The monoisotopic (exact) mass is 326 g/mol. The maximum atomic E-state index is 12.5. The van der Waals surface area contributed by atoms with Gasteiger partial charge in [0.2, 0.25) is 5.91 Å². The van der Waals surface area contributed by atoms with Crippen LogP contribution >= 0.6 is 0 Å². The molecule has 1 heterocycles. The molecule has 0 spiro atoms. The standard InChI is InChI=1S/C18H34N2O3/c1-13-8-14(2)10-15(9-13)18(22)19-16-4-6-20(7-5-16)11-17(21)12-23-3/h13-17,21H,4-12H2,1-3H3,(H,19,22). The maximum Gasteiger partial charge on any atom is 0.223 e. The molecule has 1 aliphatic heterocycles. The van der Waals surface area contributed by atoms with Crippen LogP contribution in [-0.4, -0.2) is 61.4 Å². The van der Waals surface area contributed by atoms with E-state index in [4.69, 9.17) is 4.74 Å². The molecular formula is C18H34N2O3. The highest BCUT2D eigenvalue weighted by Crippen LogP contribution is 2.33. The van der Waals surface area contributed by atoms with Gasteiger partial charge in [-0.3, -0.25) is 4.79 Å². The van der Waals surface area contributed by atoms with Crippen molar-refractivity contribution in [1.29, 1.82) is 0 Å². The molecule has 134 valence electrons. The summed E-state index contributed by atoms with van der Waals surface area (Å²) < 4.78 is 4.97. The highest BCUT2D eigenvalue weighted by atomic mass is 16.5. The Hall–Kier alpha value is -0.650. The average molecular weight is 326 g/mol. The minimum absolute atomic E-state index is 0.204. The molecule has 2 aliphatic rings. The zero-order chi connectivity index (χ0) is 16.8. The number of carbonyl (C=O) groups excluding carboxylic acids is 1. The third-order valence-corrected chi connectivity index (χ3v) is 5.31. The molecule has 1 aliphatic carbocycles. The third-order valence-electron chi connectivity index (χ3n) is 5.31. The second-order valence-electron chi connectivity index (χ2n) is 7.81. The molecule has 0 radical (unpaired) electrons. The van der Waals surface area contributed by atoms with Crippen LogP contribution in [-0.2, 0) is 9.53 Å². The Bertz CT molecular complexity index is 359. The van der Waals surface area contributed by atoms with E-state index in [9.17, 15) is 9.90 Å². The van der Waals surface area contributed by atoms with Gasteiger partial charge in [-0.1, -0.05) is 13.8 Å². The SMILES string of the molecule is COCC(O)CN1CCC(NC(=O)C2CC(C)CC(C)C2)CC1. The summed E-state index contributed by atoms with van der Waals surface area (Å²) in [5.41, 5.74) is 0. The number of rotatable bonds is 6. The molecule has 0 aromatic heterocycles. The van der Waals surface area contributed by atoms with Crippen LogP contribution in [0.4, 0.5) is 0 Å². The van der Waals surface area contributed by atoms with Crippen molar-refractivity contribution in [2.24, 2.45) is 17.8 Å². The van der Waals surface area contributed by atoms with Gasteiger partial charge in [0.1, 0.15) is 0 Å². The molecule has 23 heavy (non-hydrogen) atoms. The molecule has 1 saturated carbocycles.